The summed E-state index contributed by atoms with van der Waals surface area (Å²) in [7, 11) is 0. The van der Waals surface area contributed by atoms with E-state index < -0.39 is 5.97 Å². The van der Waals surface area contributed by atoms with Crippen LogP contribution in [-0.2, 0) is 4.79 Å². The zero-order valence-electron chi connectivity index (χ0n) is 7.96. The van der Waals surface area contributed by atoms with Gasteiger partial charge in [0.1, 0.15) is 0 Å². The van der Waals surface area contributed by atoms with Crippen LogP contribution in [0.1, 0.15) is 12.8 Å². The molecule has 0 saturated heterocycles. The van der Waals surface area contributed by atoms with Crippen LogP contribution in [0, 0.1) is 0 Å². The molecular weight excluding hydrogens is 281 g/mol. The number of hydrogen-bond acceptors (Lipinski definition) is 2. The van der Waals surface area contributed by atoms with Crippen molar-refractivity contribution in [2.45, 2.75) is 12.8 Å². The van der Waals surface area contributed by atoms with Crippen LogP contribution in [0.2, 0.25) is 5.02 Å². The fourth-order valence-electron chi connectivity index (χ4n) is 1.10. The van der Waals surface area contributed by atoms with Crippen molar-refractivity contribution >= 4 is 39.2 Å². The van der Waals surface area contributed by atoms with E-state index in [1.54, 1.807) is 6.07 Å². The molecule has 1 aromatic rings. The number of carboxylic acids is 1. The molecular formula is C10H11BrClNO2. The van der Waals surface area contributed by atoms with Crippen LogP contribution in [0.3, 0.4) is 0 Å². The Morgan fingerprint density at radius 1 is 1.53 bits per heavy atom. The molecule has 0 aliphatic carbocycles. The first-order chi connectivity index (χ1) is 7.11. The van der Waals surface area contributed by atoms with E-state index in [0.29, 0.717) is 18.0 Å². The Labute approximate surface area is 102 Å². The standard InChI is InChI=1S/C10H11BrClNO2/c11-10-7(12)3-1-4-8(10)13-6-2-5-9(14)15/h1,3-4,13H,2,5-6H2,(H,14,15). The third-order valence-corrected chi connectivity index (χ3v) is 3.23. The van der Waals surface area contributed by atoms with Gasteiger partial charge in [-0.05, 0) is 34.5 Å². The van der Waals surface area contributed by atoms with Gasteiger partial charge in [-0.2, -0.15) is 0 Å². The Hall–Kier alpha value is -0.740. The quantitative estimate of drug-likeness (QED) is 0.818. The van der Waals surface area contributed by atoms with E-state index in [1.165, 1.54) is 0 Å². The second-order valence-electron chi connectivity index (χ2n) is 3.03. The summed E-state index contributed by atoms with van der Waals surface area (Å²) >= 11 is 9.25. The van der Waals surface area contributed by atoms with Gasteiger partial charge in [-0.15, -0.1) is 0 Å². The molecule has 0 unspecified atom stereocenters. The molecule has 0 spiro atoms. The molecule has 1 aromatic carbocycles. The van der Waals surface area contributed by atoms with E-state index in [0.717, 1.165) is 10.2 Å². The summed E-state index contributed by atoms with van der Waals surface area (Å²) in [5.74, 6) is -0.776. The van der Waals surface area contributed by atoms with Crippen molar-refractivity contribution in [3.63, 3.8) is 0 Å². The molecule has 82 valence electrons. The molecule has 15 heavy (non-hydrogen) atoms. The molecule has 0 heterocycles. The maximum Gasteiger partial charge on any atom is 0.303 e. The van der Waals surface area contributed by atoms with Crippen molar-refractivity contribution in [3.05, 3.63) is 27.7 Å². The Balaban J connectivity index is 2.44. The van der Waals surface area contributed by atoms with Crippen LogP contribution in [0.4, 0.5) is 5.69 Å². The molecule has 0 aliphatic rings. The number of halogens is 2. The van der Waals surface area contributed by atoms with Gasteiger partial charge in [0, 0.05) is 18.7 Å². The Kier molecular flexibility index (Phi) is 4.91. The third kappa shape index (κ3) is 4.10. The molecule has 0 aromatic heterocycles. The number of carboxylic acid groups (broad SMARTS) is 1. The van der Waals surface area contributed by atoms with Gasteiger partial charge < -0.3 is 10.4 Å². The SMILES string of the molecule is O=C(O)CCCNc1cccc(Cl)c1Br. The highest BCUT2D eigenvalue weighted by atomic mass is 79.9. The van der Waals surface area contributed by atoms with Gasteiger partial charge in [0.2, 0.25) is 0 Å². The largest absolute Gasteiger partial charge is 0.481 e. The molecule has 0 saturated carbocycles. The Morgan fingerprint density at radius 3 is 2.93 bits per heavy atom. The smallest absolute Gasteiger partial charge is 0.303 e. The summed E-state index contributed by atoms with van der Waals surface area (Å²) in [6, 6.07) is 5.51. The first-order valence-electron chi connectivity index (χ1n) is 4.51. The summed E-state index contributed by atoms with van der Waals surface area (Å²) in [5, 5.41) is 12.2. The summed E-state index contributed by atoms with van der Waals surface area (Å²) in [5.41, 5.74) is 0.882. The van der Waals surface area contributed by atoms with Crippen LogP contribution in [-0.4, -0.2) is 17.6 Å². The number of aliphatic carboxylic acids is 1. The van der Waals surface area contributed by atoms with Crippen molar-refractivity contribution in [1.29, 1.82) is 0 Å². The summed E-state index contributed by atoms with van der Waals surface area (Å²) in [6.45, 7) is 0.616. The normalized spacial score (nSPS) is 10.0. The van der Waals surface area contributed by atoms with Crippen LogP contribution in [0.5, 0.6) is 0 Å². The van der Waals surface area contributed by atoms with Crippen LogP contribution in [0.15, 0.2) is 22.7 Å². The van der Waals surface area contributed by atoms with E-state index in [1.807, 2.05) is 12.1 Å². The maximum atomic E-state index is 10.3. The summed E-state index contributed by atoms with van der Waals surface area (Å²) in [4.78, 5) is 10.3. The molecule has 3 nitrogen and oxygen atoms in total. The van der Waals surface area contributed by atoms with Crippen molar-refractivity contribution in [2.75, 3.05) is 11.9 Å². The highest BCUT2D eigenvalue weighted by Gasteiger charge is 2.03. The zero-order chi connectivity index (χ0) is 11.3. The average molecular weight is 293 g/mol. The number of benzene rings is 1. The first-order valence-corrected chi connectivity index (χ1v) is 5.68. The van der Waals surface area contributed by atoms with Crippen LogP contribution >= 0.6 is 27.5 Å². The monoisotopic (exact) mass is 291 g/mol. The topological polar surface area (TPSA) is 49.3 Å². The second-order valence-corrected chi connectivity index (χ2v) is 4.23. The lowest BCUT2D eigenvalue weighted by molar-refractivity contribution is -0.137. The number of rotatable bonds is 5. The first kappa shape index (κ1) is 12.3. The van der Waals surface area contributed by atoms with Gasteiger partial charge in [-0.3, -0.25) is 4.79 Å². The molecule has 2 N–H and O–H groups in total. The van der Waals surface area contributed by atoms with E-state index in [-0.39, 0.29) is 6.42 Å². The van der Waals surface area contributed by atoms with Gasteiger partial charge in [-0.25, -0.2) is 0 Å². The van der Waals surface area contributed by atoms with Crippen molar-refractivity contribution in [1.82, 2.24) is 0 Å². The van der Waals surface area contributed by atoms with Crippen LogP contribution in [0.25, 0.3) is 0 Å². The van der Waals surface area contributed by atoms with Gasteiger partial charge in [0.15, 0.2) is 0 Å². The fraction of sp³-hybridized carbons (Fsp3) is 0.300. The van der Waals surface area contributed by atoms with Gasteiger partial charge in [0.25, 0.3) is 0 Å². The third-order valence-electron chi connectivity index (χ3n) is 1.83. The minimum atomic E-state index is -0.776. The Bertz CT molecular complexity index is 357. The number of nitrogens with one attached hydrogen (secondary N) is 1. The summed E-state index contributed by atoms with van der Waals surface area (Å²) in [6.07, 6.45) is 0.763. The number of carbonyl (C=O) groups is 1. The maximum absolute atomic E-state index is 10.3. The predicted molar refractivity (Wildman–Crippen MR) is 64.5 cm³/mol. The lowest BCUT2D eigenvalue weighted by Gasteiger charge is -2.08. The minimum Gasteiger partial charge on any atom is -0.481 e. The molecule has 0 aliphatic heterocycles. The Morgan fingerprint density at radius 2 is 2.27 bits per heavy atom. The highest BCUT2D eigenvalue weighted by Crippen LogP contribution is 2.29. The molecule has 0 radical (unpaired) electrons. The van der Waals surface area contributed by atoms with E-state index in [2.05, 4.69) is 21.2 Å². The second kappa shape index (κ2) is 5.98. The highest BCUT2D eigenvalue weighted by molar-refractivity contribution is 9.10. The molecule has 0 atom stereocenters. The predicted octanol–water partition coefficient (Wildman–Crippen LogP) is 3.38. The zero-order valence-corrected chi connectivity index (χ0v) is 10.3. The van der Waals surface area contributed by atoms with E-state index >= 15 is 0 Å². The molecule has 0 amide bonds. The van der Waals surface area contributed by atoms with Crippen molar-refractivity contribution in [2.24, 2.45) is 0 Å². The average Bonchev–Trinajstić information content (AvgIpc) is 2.18. The molecule has 5 heteroatoms. The van der Waals surface area contributed by atoms with Crippen LogP contribution < -0.4 is 5.32 Å². The minimum absolute atomic E-state index is 0.172. The van der Waals surface area contributed by atoms with Gasteiger partial charge in [-0.1, -0.05) is 17.7 Å². The lowest BCUT2D eigenvalue weighted by Crippen LogP contribution is -2.05. The van der Waals surface area contributed by atoms with E-state index in [4.69, 9.17) is 16.7 Å². The lowest BCUT2D eigenvalue weighted by atomic mass is 10.3. The molecule has 0 fully saturated rings. The fourth-order valence-corrected chi connectivity index (χ4v) is 1.68. The molecule has 1 rings (SSSR count). The van der Waals surface area contributed by atoms with E-state index in [9.17, 15) is 4.79 Å². The van der Waals surface area contributed by atoms with Crippen molar-refractivity contribution < 1.29 is 9.90 Å². The van der Waals surface area contributed by atoms with Crippen molar-refractivity contribution in [3.8, 4) is 0 Å². The molecule has 0 bridgehead atoms. The van der Waals surface area contributed by atoms with Gasteiger partial charge >= 0.3 is 5.97 Å². The number of anilines is 1. The number of hydrogen-bond donors (Lipinski definition) is 2. The summed E-state index contributed by atoms with van der Waals surface area (Å²) < 4.78 is 0.807. The van der Waals surface area contributed by atoms with Gasteiger partial charge in [0.05, 0.1) is 9.50 Å².